The van der Waals surface area contributed by atoms with E-state index < -0.39 is 0 Å². The van der Waals surface area contributed by atoms with Gasteiger partial charge in [-0.2, -0.15) is 4.98 Å². The number of nitrogens with one attached hydrogen (secondary N) is 1. The largest absolute Gasteiger partial charge is 0.339 e. The van der Waals surface area contributed by atoms with Crippen molar-refractivity contribution in [1.29, 1.82) is 0 Å². The van der Waals surface area contributed by atoms with Crippen molar-refractivity contribution < 1.29 is 4.52 Å². The van der Waals surface area contributed by atoms with Crippen molar-refractivity contribution in [1.82, 2.24) is 15.5 Å². The minimum Gasteiger partial charge on any atom is -0.339 e. The Morgan fingerprint density at radius 3 is 2.68 bits per heavy atom. The van der Waals surface area contributed by atoms with Crippen LogP contribution in [0.3, 0.4) is 0 Å². The Balaban J connectivity index is 2.09. The molecule has 2 rings (SSSR count). The van der Waals surface area contributed by atoms with Crippen LogP contribution in [0.4, 0.5) is 0 Å². The minimum absolute atomic E-state index is 0.330. The maximum Gasteiger partial charge on any atom is 0.228 e. The predicted molar refractivity (Wildman–Crippen MR) is 78.4 cm³/mol. The van der Waals surface area contributed by atoms with Gasteiger partial charge in [-0.15, -0.1) is 11.8 Å². The lowest BCUT2D eigenvalue weighted by Gasteiger charge is -2.04. The SMILES string of the molecule is CCSc1ccc(-c2noc(CC(C)NC)n2)cc1. The summed E-state index contributed by atoms with van der Waals surface area (Å²) >= 11 is 1.82. The first-order valence-electron chi connectivity index (χ1n) is 6.46. The van der Waals surface area contributed by atoms with Crippen LogP contribution in [0.5, 0.6) is 0 Å². The average Bonchev–Trinajstić information content (AvgIpc) is 2.88. The van der Waals surface area contributed by atoms with E-state index in [-0.39, 0.29) is 0 Å². The van der Waals surface area contributed by atoms with Gasteiger partial charge in [0.1, 0.15) is 0 Å². The molecule has 0 amide bonds. The molecule has 0 bridgehead atoms. The number of thioether (sulfide) groups is 1. The van der Waals surface area contributed by atoms with E-state index in [1.807, 2.05) is 30.9 Å². The third-order valence-corrected chi connectivity index (χ3v) is 3.76. The number of benzene rings is 1. The van der Waals surface area contributed by atoms with E-state index in [4.69, 9.17) is 4.52 Å². The molecular formula is C14H19N3OS. The molecular weight excluding hydrogens is 258 g/mol. The van der Waals surface area contributed by atoms with Crippen molar-refractivity contribution in [3.63, 3.8) is 0 Å². The standard InChI is InChI=1S/C14H19N3OS/c1-4-19-12-7-5-11(6-8-12)14-16-13(18-17-14)9-10(2)15-3/h5-8,10,15H,4,9H2,1-3H3. The molecule has 0 fully saturated rings. The van der Waals surface area contributed by atoms with E-state index in [1.165, 1.54) is 4.90 Å². The number of hydrogen-bond acceptors (Lipinski definition) is 5. The van der Waals surface area contributed by atoms with Gasteiger partial charge in [0.15, 0.2) is 0 Å². The van der Waals surface area contributed by atoms with Gasteiger partial charge in [0.05, 0.1) is 0 Å². The molecule has 1 aromatic carbocycles. The summed E-state index contributed by atoms with van der Waals surface area (Å²) in [6.45, 7) is 4.23. The molecule has 0 aliphatic rings. The maximum atomic E-state index is 5.26. The Labute approximate surface area is 118 Å². The zero-order valence-corrected chi connectivity index (χ0v) is 12.3. The van der Waals surface area contributed by atoms with Gasteiger partial charge < -0.3 is 9.84 Å². The van der Waals surface area contributed by atoms with E-state index in [0.29, 0.717) is 17.8 Å². The molecule has 0 aliphatic carbocycles. The molecule has 1 unspecified atom stereocenters. The molecule has 102 valence electrons. The maximum absolute atomic E-state index is 5.26. The van der Waals surface area contributed by atoms with Gasteiger partial charge in [0.2, 0.25) is 11.7 Å². The zero-order valence-electron chi connectivity index (χ0n) is 11.5. The number of nitrogens with zero attached hydrogens (tertiary/aromatic N) is 2. The van der Waals surface area contributed by atoms with Gasteiger partial charge in [-0.05, 0) is 44.0 Å². The topological polar surface area (TPSA) is 51.0 Å². The molecule has 0 spiro atoms. The second kappa shape index (κ2) is 6.73. The second-order valence-electron chi connectivity index (χ2n) is 4.36. The monoisotopic (exact) mass is 277 g/mol. The minimum atomic E-state index is 0.330. The van der Waals surface area contributed by atoms with Crippen LogP contribution in [0, 0.1) is 0 Å². The summed E-state index contributed by atoms with van der Waals surface area (Å²) in [5.41, 5.74) is 0.993. The van der Waals surface area contributed by atoms with E-state index >= 15 is 0 Å². The number of rotatable bonds is 6. The van der Waals surface area contributed by atoms with Gasteiger partial charge >= 0.3 is 0 Å². The smallest absolute Gasteiger partial charge is 0.228 e. The van der Waals surface area contributed by atoms with Gasteiger partial charge in [0.25, 0.3) is 0 Å². The Kier molecular flexibility index (Phi) is 4.99. The van der Waals surface area contributed by atoms with Gasteiger partial charge in [-0.1, -0.05) is 12.1 Å². The molecule has 4 nitrogen and oxygen atoms in total. The number of likely N-dealkylation sites (N-methyl/N-ethyl adjacent to an activating group) is 1. The predicted octanol–water partition coefficient (Wildman–Crippen LogP) is 3.00. The Bertz CT molecular complexity index is 510. The van der Waals surface area contributed by atoms with Crippen molar-refractivity contribution in [2.45, 2.75) is 31.2 Å². The van der Waals surface area contributed by atoms with Gasteiger partial charge in [-0.3, -0.25) is 0 Å². The third-order valence-electron chi connectivity index (χ3n) is 2.87. The average molecular weight is 277 g/mol. The summed E-state index contributed by atoms with van der Waals surface area (Å²) in [5, 5.41) is 7.18. The summed E-state index contributed by atoms with van der Waals surface area (Å²) in [6.07, 6.45) is 0.743. The van der Waals surface area contributed by atoms with Crippen molar-refractivity contribution in [2.24, 2.45) is 0 Å². The molecule has 1 N–H and O–H groups in total. The highest BCUT2D eigenvalue weighted by Crippen LogP contribution is 2.22. The second-order valence-corrected chi connectivity index (χ2v) is 5.70. The van der Waals surface area contributed by atoms with Crippen molar-refractivity contribution in [3.8, 4) is 11.4 Å². The Morgan fingerprint density at radius 2 is 2.05 bits per heavy atom. The van der Waals surface area contributed by atoms with Crippen LogP contribution in [-0.2, 0) is 6.42 Å². The quantitative estimate of drug-likeness (QED) is 0.823. The van der Waals surface area contributed by atoms with Crippen molar-refractivity contribution in [3.05, 3.63) is 30.2 Å². The first-order chi connectivity index (χ1) is 9.22. The van der Waals surface area contributed by atoms with Crippen LogP contribution in [0.25, 0.3) is 11.4 Å². The molecule has 19 heavy (non-hydrogen) atoms. The lowest BCUT2D eigenvalue weighted by molar-refractivity contribution is 0.365. The molecule has 0 radical (unpaired) electrons. The molecule has 0 saturated heterocycles. The van der Waals surface area contributed by atoms with Crippen LogP contribution in [-0.4, -0.2) is 29.0 Å². The van der Waals surface area contributed by atoms with E-state index in [2.05, 4.69) is 41.4 Å². The first-order valence-corrected chi connectivity index (χ1v) is 7.44. The fourth-order valence-electron chi connectivity index (χ4n) is 1.69. The molecule has 0 saturated carbocycles. The van der Waals surface area contributed by atoms with Crippen molar-refractivity contribution in [2.75, 3.05) is 12.8 Å². The lowest BCUT2D eigenvalue weighted by atomic mass is 10.2. The summed E-state index contributed by atoms with van der Waals surface area (Å²) in [4.78, 5) is 5.68. The van der Waals surface area contributed by atoms with Crippen LogP contribution < -0.4 is 5.32 Å². The molecule has 0 aliphatic heterocycles. The first kappa shape index (κ1) is 14.1. The summed E-state index contributed by atoms with van der Waals surface area (Å²) < 4.78 is 5.26. The van der Waals surface area contributed by atoms with Crippen LogP contribution in [0.2, 0.25) is 0 Å². The highest BCUT2D eigenvalue weighted by atomic mass is 32.2. The van der Waals surface area contributed by atoms with Gasteiger partial charge in [-0.25, -0.2) is 0 Å². The Morgan fingerprint density at radius 1 is 1.32 bits per heavy atom. The van der Waals surface area contributed by atoms with Crippen LogP contribution in [0.15, 0.2) is 33.7 Å². The normalized spacial score (nSPS) is 12.6. The fraction of sp³-hybridized carbons (Fsp3) is 0.429. The lowest BCUT2D eigenvalue weighted by Crippen LogP contribution is -2.23. The highest BCUT2D eigenvalue weighted by Gasteiger charge is 2.11. The third kappa shape index (κ3) is 3.81. The van der Waals surface area contributed by atoms with Crippen LogP contribution in [0.1, 0.15) is 19.7 Å². The summed E-state index contributed by atoms with van der Waals surface area (Å²) in [5.74, 6) is 2.41. The van der Waals surface area contributed by atoms with Crippen molar-refractivity contribution >= 4 is 11.8 Å². The molecule has 2 aromatic rings. The molecule has 1 atom stereocenters. The highest BCUT2D eigenvalue weighted by molar-refractivity contribution is 7.99. The summed E-state index contributed by atoms with van der Waals surface area (Å²) in [6, 6.07) is 8.59. The number of hydrogen-bond donors (Lipinski definition) is 1. The number of aromatic nitrogens is 2. The zero-order chi connectivity index (χ0) is 13.7. The van der Waals surface area contributed by atoms with Gasteiger partial charge in [0, 0.05) is 22.9 Å². The van der Waals surface area contributed by atoms with Crippen LogP contribution >= 0.6 is 11.8 Å². The molecule has 1 aromatic heterocycles. The summed E-state index contributed by atoms with van der Waals surface area (Å²) in [7, 11) is 1.92. The Hall–Kier alpha value is -1.33. The molecule has 1 heterocycles. The van der Waals surface area contributed by atoms with E-state index in [9.17, 15) is 0 Å². The fourth-order valence-corrected chi connectivity index (χ4v) is 2.35. The molecule has 5 heteroatoms. The van der Waals surface area contributed by atoms with E-state index in [1.54, 1.807) is 0 Å². The van der Waals surface area contributed by atoms with E-state index in [0.717, 1.165) is 17.7 Å².